The van der Waals surface area contributed by atoms with Gasteiger partial charge in [0.1, 0.15) is 18.0 Å². The molecule has 2 fully saturated rings. The Morgan fingerprint density at radius 1 is 1.17 bits per heavy atom. The van der Waals surface area contributed by atoms with E-state index < -0.39 is 51.1 Å². The number of rotatable bonds is 10. The van der Waals surface area contributed by atoms with E-state index in [2.05, 4.69) is 4.72 Å². The highest BCUT2D eigenvalue weighted by Gasteiger charge is 2.61. The SMILES string of the molecule is CN(CCOc1ccccc1-c1cccc(C[C@H]2[C@@H](NS(=O)(=O)C(F)F)C3(CC3)CN2C(=O)O)c1)C(=O)OC(C)(C)C. The van der Waals surface area contributed by atoms with Crippen molar-refractivity contribution in [2.45, 2.75) is 63.5 Å². The first-order chi connectivity index (χ1) is 19.6. The summed E-state index contributed by atoms with van der Waals surface area (Å²) in [6, 6.07) is 12.8. The fourth-order valence-corrected chi connectivity index (χ4v) is 6.17. The van der Waals surface area contributed by atoms with E-state index in [-0.39, 0.29) is 26.1 Å². The Morgan fingerprint density at radius 2 is 1.86 bits per heavy atom. The quantitative estimate of drug-likeness (QED) is 0.397. The maximum Gasteiger partial charge on any atom is 0.410 e. The van der Waals surface area contributed by atoms with Gasteiger partial charge >= 0.3 is 17.9 Å². The minimum Gasteiger partial charge on any atom is -0.491 e. The Labute approximate surface area is 244 Å². The fourth-order valence-electron chi connectivity index (χ4n) is 5.30. The van der Waals surface area contributed by atoms with Crippen LogP contribution in [0.3, 0.4) is 0 Å². The van der Waals surface area contributed by atoms with Crippen LogP contribution < -0.4 is 9.46 Å². The first-order valence-corrected chi connectivity index (χ1v) is 15.2. The number of carbonyl (C=O) groups excluding carboxylic acids is 1. The Bertz CT molecular complexity index is 1410. The Hall–Kier alpha value is -3.45. The average Bonchev–Trinajstić information content (AvgIpc) is 3.63. The number of hydrogen-bond acceptors (Lipinski definition) is 6. The van der Waals surface area contributed by atoms with Crippen LogP contribution in [-0.4, -0.2) is 85.7 Å². The topological polar surface area (TPSA) is 125 Å². The van der Waals surface area contributed by atoms with E-state index in [1.54, 1.807) is 46.0 Å². The molecule has 1 spiro atoms. The van der Waals surface area contributed by atoms with Gasteiger partial charge in [-0.05, 0) is 57.2 Å². The molecule has 0 radical (unpaired) electrons. The number of likely N-dealkylation sites (tertiary alicyclic amines) is 1. The number of amides is 2. The Balaban J connectivity index is 1.52. The van der Waals surface area contributed by atoms with Crippen molar-refractivity contribution in [2.75, 3.05) is 26.7 Å². The lowest BCUT2D eigenvalue weighted by molar-refractivity contribution is 0.0278. The van der Waals surface area contributed by atoms with E-state index in [4.69, 9.17) is 9.47 Å². The molecule has 1 saturated heterocycles. The van der Waals surface area contributed by atoms with Crippen LogP contribution in [0.1, 0.15) is 39.2 Å². The van der Waals surface area contributed by atoms with Crippen molar-refractivity contribution in [1.29, 1.82) is 0 Å². The molecule has 2 aromatic rings. The maximum absolute atomic E-state index is 13.2. The summed E-state index contributed by atoms with van der Waals surface area (Å²) in [6.45, 7) is 5.94. The standard InChI is InChI=1S/C29H37F2N3O7S/c1-28(2,3)41-27(37)33(4)14-15-40-23-11-6-5-10-21(23)20-9-7-8-19(16-20)17-22-24(32-42(38,39)25(30)31)29(12-13-29)18-34(22)26(35)36/h5-11,16,22,24-25,32H,12-15,17-18H2,1-4H3,(H,35,36)/t22-,24+/m0/s1. The number of halogens is 2. The van der Waals surface area contributed by atoms with Crippen molar-refractivity contribution >= 4 is 22.2 Å². The van der Waals surface area contributed by atoms with Gasteiger partial charge in [0.2, 0.25) is 0 Å². The molecule has 2 amide bonds. The van der Waals surface area contributed by atoms with Gasteiger partial charge in [0, 0.05) is 24.6 Å². The number of carboxylic acid groups (broad SMARTS) is 1. The van der Waals surface area contributed by atoms with Crippen LogP contribution >= 0.6 is 0 Å². The zero-order chi connectivity index (χ0) is 30.9. The molecule has 2 aliphatic rings. The molecule has 0 bridgehead atoms. The molecule has 1 saturated carbocycles. The molecule has 0 unspecified atom stereocenters. The van der Waals surface area contributed by atoms with Crippen LogP contribution in [0.5, 0.6) is 5.75 Å². The van der Waals surface area contributed by atoms with Crippen molar-refractivity contribution in [3.8, 4) is 16.9 Å². The summed E-state index contributed by atoms with van der Waals surface area (Å²) in [5.41, 5.74) is 0.942. The second kappa shape index (κ2) is 12.0. The van der Waals surface area contributed by atoms with Crippen LogP contribution in [0.4, 0.5) is 18.4 Å². The van der Waals surface area contributed by atoms with Crippen molar-refractivity contribution in [1.82, 2.24) is 14.5 Å². The van der Waals surface area contributed by atoms with E-state index in [1.165, 1.54) is 4.90 Å². The third-order valence-corrected chi connectivity index (χ3v) is 8.60. The molecule has 230 valence electrons. The number of sulfonamides is 1. The molecule has 1 heterocycles. The fraction of sp³-hybridized carbons (Fsp3) is 0.517. The van der Waals surface area contributed by atoms with Gasteiger partial charge in [-0.25, -0.2) is 22.7 Å². The number of nitrogens with zero attached hydrogens (tertiary/aromatic N) is 2. The molecular weight excluding hydrogens is 572 g/mol. The number of likely N-dealkylation sites (N-methyl/N-ethyl adjacent to an activating group) is 1. The highest BCUT2D eigenvalue weighted by atomic mass is 32.2. The smallest absolute Gasteiger partial charge is 0.410 e. The first-order valence-electron chi connectivity index (χ1n) is 13.7. The first kappa shape index (κ1) is 31.5. The lowest BCUT2D eigenvalue weighted by Crippen LogP contribution is -2.50. The predicted octanol–water partition coefficient (Wildman–Crippen LogP) is 4.79. The number of benzene rings is 2. The number of para-hydroxylation sites is 1. The van der Waals surface area contributed by atoms with Gasteiger partial charge in [0.15, 0.2) is 0 Å². The highest BCUT2D eigenvalue weighted by molar-refractivity contribution is 7.89. The van der Waals surface area contributed by atoms with Gasteiger partial charge in [-0.1, -0.05) is 42.5 Å². The number of ether oxygens (including phenoxy) is 2. The minimum atomic E-state index is -4.93. The lowest BCUT2D eigenvalue weighted by Gasteiger charge is -2.28. The molecule has 4 rings (SSSR count). The number of nitrogens with one attached hydrogen (secondary N) is 1. The van der Waals surface area contributed by atoms with Crippen molar-refractivity contribution in [2.24, 2.45) is 5.41 Å². The van der Waals surface area contributed by atoms with Crippen molar-refractivity contribution in [3.63, 3.8) is 0 Å². The van der Waals surface area contributed by atoms with Gasteiger partial charge in [-0.2, -0.15) is 8.78 Å². The highest BCUT2D eigenvalue weighted by Crippen LogP contribution is 2.55. The van der Waals surface area contributed by atoms with E-state index in [0.717, 1.165) is 16.0 Å². The molecule has 1 aliphatic carbocycles. The number of hydrogen-bond donors (Lipinski definition) is 2. The van der Waals surface area contributed by atoms with Gasteiger partial charge in [-0.15, -0.1) is 0 Å². The molecule has 10 nitrogen and oxygen atoms in total. The number of carbonyl (C=O) groups is 2. The molecule has 2 atom stereocenters. The van der Waals surface area contributed by atoms with Gasteiger partial charge in [0.05, 0.1) is 18.6 Å². The maximum atomic E-state index is 13.2. The van der Waals surface area contributed by atoms with Crippen LogP contribution in [0.2, 0.25) is 0 Å². The molecule has 2 N–H and O–H groups in total. The Morgan fingerprint density at radius 3 is 2.48 bits per heavy atom. The summed E-state index contributed by atoms with van der Waals surface area (Å²) in [7, 11) is -3.30. The Kier molecular flexibility index (Phi) is 9.02. The third kappa shape index (κ3) is 7.30. The van der Waals surface area contributed by atoms with E-state index in [9.17, 15) is 31.9 Å². The van der Waals surface area contributed by atoms with Crippen molar-refractivity contribution in [3.05, 3.63) is 54.1 Å². The second-order valence-electron chi connectivity index (χ2n) is 11.9. The monoisotopic (exact) mass is 609 g/mol. The summed E-state index contributed by atoms with van der Waals surface area (Å²) in [4.78, 5) is 26.9. The molecule has 2 aromatic carbocycles. The van der Waals surface area contributed by atoms with Gasteiger partial charge < -0.3 is 24.4 Å². The molecule has 13 heteroatoms. The van der Waals surface area contributed by atoms with Gasteiger partial charge in [0.25, 0.3) is 10.0 Å². The number of alkyl halides is 2. The van der Waals surface area contributed by atoms with E-state index in [1.807, 2.05) is 30.3 Å². The van der Waals surface area contributed by atoms with Crippen molar-refractivity contribution < 1.29 is 41.4 Å². The summed E-state index contributed by atoms with van der Waals surface area (Å²) >= 11 is 0. The normalized spacial score (nSPS) is 19.6. The third-order valence-electron chi connectivity index (χ3n) is 7.55. The molecule has 1 aliphatic heterocycles. The largest absolute Gasteiger partial charge is 0.491 e. The zero-order valence-electron chi connectivity index (χ0n) is 24.0. The second-order valence-corrected chi connectivity index (χ2v) is 13.6. The van der Waals surface area contributed by atoms with Gasteiger partial charge in [-0.3, -0.25) is 0 Å². The van der Waals surface area contributed by atoms with Crippen LogP contribution in [0.15, 0.2) is 48.5 Å². The molecule has 42 heavy (non-hydrogen) atoms. The summed E-state index contributed by atoms with van der Waals surface area (Å²) in [5, 5.41) is 9.88. The van der Waals surface area contributed by atoms with E-state index >= 15 is 0 Å². The van der Waals surface area contributed by atoms with Crippen LogP contribution in [0, 0.1) is 5.41 Å². The average molecular weight is 610 g/mol. The molecular formula is C29H37F2N3O7S. The summed E-state index contributed by atoms with van der Waals surface area (Å²) in [6.07, 6.45) is -0.454. The summed E-state index contributed by atoms with van der Waals surface area (Å²) < 4.78 is 64.2. The summed E-state index contributed by atoms with van der Waals surface area (Å²) in [5.74, 6) is -3.05. The minimum absolute atomic E-state index is 0.0809. The zero-order valence-corrected chi connectivity index (χ0v) is 24.9. The van der Waals surface area contributed by atoms with Crippen LogP contribution in [-0.2, 0) is 21.2 Å². The molecule has 0 aromatic heterocycles. The van der Waals surface area contributed by atoms with E-state index in [0.29, 0.717) is 24.2 Å². The lowest BCUT2D eigenvalue weighted by atomic mass is 9.91. The van der Waals surface area contributed by atoms with Crippen LogP contribution in [0.25, 0.3) is 11.1 Å². The predicted molar refractivity (Wildman–Crippen MR) is 152 cm³/mol.